The number of nitrogen functional groups attached to an aromatic ring is 1. The molecule has 0 spiro atoms. The highest BCUT2D eigenvalue weighted by atomic mass is 32.2. The molecule has 0 amide bonds. The zero-order valence-corrected chi connectivity index (χ0v) is 13.4. The van der Waals surface area contributed by atoms with Gasteiger partial charge in [0.25, 0.3) is 0 Å². The molecule has 0 atom stereocenters. The van der Waals surface area contributed by atoms with Gasteiger partial charge in [0.15, 0.2) is 0 Å². The van der Waals surface area contributed by atoms with E-state index >= 15 is 0 Å². The minimum atomic E-state index is -0.473. The number of fused-ring (bicyclic) bond motifs is 1. The number of nitrogens with zero attached hydrogens (tertiary/aromatic N) is 1. The summed E-state index contributed by atoms with van der Waals surface area (Å²) in [5, 5.41) is 1.44. The number of hydrogen-bond donors (Lipinski definition) is 1. The van der Waals surface area contributed by atoms with Crippen LogP contribution in [0.25, 0.3) is 10.2 Å². The van der Waals surface area contributed by atoms with Crippen LogP contribution in [0, 0.1) is 6.92 Å². The van der Waals surface area contributed by atoms with Crippen molar-refractivity contribution in [3.8, 4) is 0 Å². The second-order valence-corrected chi connectivity index (χ2v) is 6.15. The van der Waals surface area contributed by atoms with Crippen molar-refractivity contribution < 1.29 is 19.1 Å². The van der Waals surface area contributed by atoms with E-state index < -0.39 is 5.97 Å². The number of carbonyl (C=O) groups is 2. The number of carbonyl (C=O) groups excluding carboxylic acids is 2. The fourth-order valence-electron chi connectivity index (χ4n) is 1.79. The highest BCUT2D eigenvalue weighted by Crippen LogP contribution is 2.36. The van der Waals surface area contributed by atoms with Crippen molar-refractivity contribution in [1.82, 2.24) is 4.98 Å². The van der Waals surface area contributed by atoms with Crippen molar-refractivity contribution in [2.24, 2.45) is 0 Å². The average Bonchev–Trinajstić information content (AvgIpc) is 2.81. The van der Waals surface area contributed by atoms with Crippen LogP contribution < -0.4 is 5.73 Å². The van der Waals surface area contributed by atoms with Gasteiger partial charge in [0.2, 0.25) is 0 Å². The molecule has 0 aliphatic heterocycles. The summed E-state index contributed by atoms with van der Waals surface area (Å²) < 4.78 is 9.30. The van der Waals surface area contributed by atoms with E-state index in [4.69, 9.17) is 10.5 Å². The lowest BCUT2D eigenvalue weighted by Crippen LogP contribution is -2.03. The monoisotopic (exact) mass is 326 g/mol. The molecule has 0 aliphatic rings. The van der Waals surface area contributed by atoms with Crippen LogP contribution in [-0.4, -0.2) is 36.9 Å². The predicted octanol–water partition coefficient (Wildman–Crippen LogP) is 2.24. The quantitative estimate of drug-likeness (QED) is 0.680. The van der Waals surface area contributed by atoms with E-state index in [1.807, 2.05) is 13.0 Å². The van der Waals surface area contributed by atoms with E-state index in [9.17, 15) is 9.59 Å². The van der Waals surface area contributed by atoms with Crippen molar-refractivity contribution in [1.29, 1.82) is 0 Å². The topological polar surface area (TPSA) is 91.5 Å². The van der Waals surface area contributed by atoms with Gasteiger partial charge < -0.3 is 15.2 Å². The molecular formula is C13H14N2O4S2. The third kappa shape index (κ3) is 3.11. The second kappa shape index (κ2) is 6.31. The average molecular weight is 326 g/mol. The van der Waals surface area contributed by atoms with Crippen LogP contribution >= 0.6 is 23.1 Å². The first-order valence-corrected chi connectivity index (χ1v) is 7.75. The zero-order valence-electron chi connectivity index (χ0n) is 11.8. The molecule has 2 aromatic rings. The number of aromatic nitrogens is 1. The zero-order chi connectivity index (χ0) is 15.6. The number of esters is 2. The van der Waals surface area contributed by atoms with E-state index in [1.54, 1.807) is 0 Å². The van der Waals surface area contributed by atoms with Crippen LogP contribution in [0.3, 0.4) is 0 Å². The highest BCUT2D eigenvalue weighted by molar-refractivity contribution is 7.99. The number of hydrogen-bond acceptors (Lipinski definition) is 8. The Morgan fingerprint density at radius 2 is 2.10 bits per heavy atom. The summed E-state index contributed by atoms with van der Waals surface area (Å²) in [6, 6.07) is 1.83. The molecule has 2 N–H and O–H groups in total. The molecular weight excluding hydrogens is 312 g/mol. The number of ether oxygens (including phenoxy) is 2. The normalized spacial score (nSPS) is 10.6. The molecule has 0 fully saturated rings. The number of aryl methyl sites for hydroxylation is 1. The fraction of sp³-hybridized carbons (Fsp3) is 0.308. The third-order valence-electron chi connectivity index (χ3n) is 2.81. The largest absolute Gasteiger partial charge is 0.468 e. The van der Waals surface area contributed by atoms with Crippen LogP contribution in [0.1, 0.15) is 15.2 Å². The van der Waals surface area contributed by atoms with E-state index in [2.05, 4.69) is 9.72 Å². The highest BCUT2D eigenvalue weighted by Gasteiger charge is 2.20. The minimum absolute atomic E-state index is 0.180. The lowest BCUT2D eigenvalue weighted by Gasteiger charge is -2.03. The number of nitrogens with two attached hydrogens (primary N) is 1. The molecule has 2 heterocycles. The van der Waals surface area contributed by atoms with Gasteiger partial charge in [-0.1, -0.05) is 11.8 Å². The van der Waals surface area contributed by atoms with Gasteiger partial charge >= 0.3 is 11.9 Å². The molecule has 0 aliphatic carbocycles. The Bertz CT molecular complexity index is 712. The Morgan fingerprint density at radius 3 is 2.71 bits per heavy atom. The van der Waals surface area contributed by atoms with Gasteiger partial charge in [-0.2, -0.15) is 0 Å². The molecule has 0 unspecified atom stereocenters. The Labute approximate surface area is 129 Å². The lowest BCUT2D eigenvalue weighted by molar-refractivity contribution is -0.137. The van der Waals surface area contributed by atoms with Gasteiger partial charge in [-0.3, -0.25) is 4.79 Å². The first-order valence-electron chi connectivity index (χ1n) is 5.95. The molecule has 0 radical (unpaired) electrons. The summed E-state index contributed by atoms with van der Waals surface area (Å²) in [6.07, 6.45) is 0. The molecule has 2 rings (SSSR count). The standard InChI is InChI=1S/C13H14N2O4S2/c1-6-4-7(20-5-8(16)18-2)15-12-9(6)10(14)11(21-12)13(17)19-3/h4H,5,14H2,1-3H3. The van der Waals surface area contributed by atoms with Crippen molar-refractivity contribution in [2.75, 3.05) is 25.7 Å². The Balaban J connectivity index is 2.41. The SMILES string of the molecule is COC(=O)CSc1cc(C)c2c(N)c(C(=O)OC)sc2n1. The van der Waals surface area contributed by atoms with Crippen molar-refractivity contribution in [2.45, 2.75) is 11.9 Å². The minimum Gasteiger partial charge on any atom is -0.468 e. The number of pyridine rings is 1. The molecule has 8 heteroatoms. The number of thiophene rings is 1. The van der Waals surface area contributed by atoms with Crippen molar-refractivity contribution >= 4 is 50.9 Å². The summed E-state index contributed by atoms with van der Waals surface area (Å²) in [6.45, 7) is 1.89. The lowest BCUT2D eigenvalue weighted by atomic mass is 10.2. The van der Waals surface area contributed by atoms with Crippen LogP contribution in [0.15, 0.2) is 11.1 Å². The smallest absolute Gasteiger partial charge is 0.350 e. The summed E-state index contributed by atoms with van der Waals surface area (Å²) in [4.78, 5) is 28.3. The maximum Gasteiger partial charge on any atom is 0.350 e. The summed E-state index contributed by atoms with van der Waals surface area (Å²) in [5.74, 6) is -0.613. The van der Waals surface area contributed by atoms with E-state index in [0.717, 1.165) is 10.9 Å². The Kier molecular flexibility index (Phi) is 4.69. The predicted molar refractivity (Wildman–Crippen MR) is 82.8 cm³/mol. The summed E-state index contributed by atoms with van der Waals surface area (Å²) in [5.41, 5.74) is 7.28. The second-order valence-electron chi connectivity index (χ2n) is 4.16. The number of methoxy groups -OCH3 is 2. The van der Waals surface area contributed by atoms with Gasteiger partial charge in [0, 0.05) is 5.39 Å². The first-order chi connectivity index (χ1) is 9.97. The Morgan fingerprint density at radius 1 is 1.38 bits per heavy atom. The van der Waals surface area contributed by atoms with Gasteiger partial charge in [-0.15, -0.1) is 11.3 Å². The van der Waals surface area contributed by atoms with E-state index in [0.29, 0.717) is 20.4 Å². The van der Waals surface area contributed by atoms with Gasteiger partial charge in [-0.05, 0) is 18.6 Å². The Hall–Kier alpha value is -1.80. The molecule has 21 heavy (non-hydrogen) atoms. The molecule has 0 aromatic carbocycles. The van der Waals surface area contributed by atoms with Gasteiger partial charge in [0.1, 0.15) is 9.71 Å². The van der Waals surface area contributed by atoms with Crippen LogP contribution in [-0.2, 0) is 14.3 Å². The first kappa shape index (κ1) is 15.6. The van der Waals surface area contributed by atoms with Crippen LogP contribution in [0.4, 0.5) is 5.69 Å². The number of thioether (sulfide) groups is 1. The number of anilines is 1. The molecule has 0 saturated carbocycles. The molecule has 0 saturated heterocycles. The molecule has 6 nitrogen and oxygen atoms in total. The van der Waals surface area contributed by atoms with Crippen molar-refractivity contribution in [3.05, 3.63) is 16.5 Å². The summed E-state index contributed by atoms with van der Waals surface area (Å²) >= 11 is 2.46. The van der Waals surface area contributed by atoms with E-state index in [-0.39, 0.29) is 11.7 Å². The fourth-order valence-corrected chi connectivity index (χ4v) is 3.74. The maximum atomic E-state index is 11.7. The van der Waals surface area contributed by atoms with Crippen LogP contribution in [0.5, 0.6) is 0 Å². The molecule has 2 aromatic heterocycles. The van der Waals surface area contributed by atoms with Gasteiger partial charge in [-0.25, -0.2) is 9.78 Å². The molecule has 0 bridgehead atoms. The van der Waals surface area contributed by atoms with Crippen molar-refractivity contribution in [3.63, 3.8) is 0 Å². The van der Waals surface area contributed by atoms with Gasteiger partial charge in [0.05, 0.1) is 30.7 Å². The molecule has 112 valence electrons. The summed E-state index contributed by atoms with van der Waals surface area (Å²) in [7, 11) is 2.65. The van der Waals surface area contributed by atoms with Crippen LogP contribution in [0.2, 0.25) is 0 Å². The third-order valence-corrected chi connectivity index (χ3v) is 4.77. The van der Waals surface area contributed by atoms with E-state index in [1.165, 1.54) is 37.3 Å². The number of rotatable bonds is 4. The maximum absolute atomic E-state index is 11.7.